The lowest BCUT2D eigenvalue weighted by molar-refractivity contribution is 0.868. The minimum atomic E-state index is 0.453. The number of fused-ring (bicyclic) bond motifs is 5. The Morgan fingerprint density at radius 1 is 0.426 bits per heavy atom. The Morgan fingerprint density at radius 3 is 1.48 bits per heavy atom. The number of benzene rings is 9. The zero-order valence-corrected chi connectivity index (χ0v) is 34.6. The number of aromatic nitrogens is 1. The molecule has 0 aliphatic heterocycles. The molecule has 0 spiro atoms. The fourth-order valence-electron chi connectivity index (χ4n) is 9.58. The van der Waals surface area contributed by atoms with Gasteiger partial charge >= 0.3 is 0 Å². The van der Waals surface area contributed by atoms with Crippen LogP contribution in [0.3, 0.4) is 0 Å². The van der Waals surface area contributed by atoms with Gasteiger partial charge in [0.25, 0.3) is 0 Å². The topological polar surface area (TPSA) is 8.17 Å². The van der Waals surface area contributed by atoms with Crippen LogP contribution in [0.1, 0.15) is 38.2 Å². The molecule has 10 aromatic rings. The molecule has 1 aromatic heterocycles. The third-order valence-electron chi connectivity index (χ3n) is 12.6. The van der Waals surface area contributed by atoms with Crippen molar-refractivity contribution in [2.75, 3.05) is 4.90 Å². The summed E-state index contributed by atoms with van der Waals surface area (Å²) in [6.45, 7) is 4.55. The molecule has 0 N–H and O–H groups in total. The maximum atomic E-state index is 2.40. The molecular formula is C59H46N2. The average Bonchev–Trinajstić information content (AvgIpc) is 3.65. The van der Waals surface area contributed by atoms with Crippen molar-refractivity contribution in [3.63, 3.8) is 0 Å². The first kappa shape index (κ1) is 36.6. The molecule has 2 nitrogen and oxygen atoms in total. The second kappa shape index (κ2) is 15.3. The average molecular weight is 783 g/mol. The molecule has 0 fully saturated rings. The summed E-state index contributed by atoms with van der Waals surface area (Å²) in [6, 6.07) is 71.6. The van der Waals surface area contributed by atoms with Gasteiger partial charge in [-0.1, -0.05) is 159 Å². The van der Waals surface area contributed by atoms with Gasteiger partial charge < -0.3 is 9.47 Å². The Hall–Kier alpha value is -7.42. The van der Waals surface area contributed by atoms with Crippen LogP contribution in [0.2, 0.25) is 0 Å². The SMILES string of the molecule is CC(C)c1ccc2c(c1)c1cc(-c3ccc(N(C4=CCCC=C4)c4ccc(-c5c6ccccc6c(-c6ccccc6)c6ccccc56)cc4)cc3)ccc1n2-c1ccccc1. The lowest BCUT2D eigenvalue weighted by Crippen LogP contribution is -2.16. The predicted octanol–water partition coefficient (Wildman–Crippen LogP) is 16.6. The molecule has 0 radical (unpaired) electrons. The maximum absolute atomic E-state index is 2.40. The first-order valence-corrected chi connectivity index (χ1v) is 21.6. The van der Waals surface area contributed by atoms with E-state index in [1.165, 1.54) is 93.7 Å². The van der Waals surface area contributed by atoms with Crippen LogP contribution < -0.4 is 4.90 Å². The number of hydrogen-bond donors (Lipinski definition) is 0. The number of hydrogen-bond acceptors (Lipinski definition) is 1. The van der Waals surface area contributed by atoms with Gasteiger partial charge in [0, 0.05) is 33.5 Å². The summed E-state index contributed by atoms with van der Waals surface area (Å²) in [5, 5.41) is 7.64. The molecule has 292 valence electrons. The fourth-order valence-corrected chi connectivity index (χ4v) is 9.58. The molecule has 0 saturated carbocycles. The second-order valence-corrected chi connectivity index (χ2v) is 16.6. The van der Waals surface area contributed by atoms with Crippen LogP contribution in [0.4, 0.5) is 11.4 Å². The highest BCUT2D eigenvalue weighted by Crippen LogP contribution is 2.45. The van der Waals surface area contributed by atoms with E-state index in [-0.39, 0.29) is 0 Å². The highest BCUT2D eigenvalue weighted by molar-refractivity contribution is 6.21. The van der Waals surface area contributed by atoms with Gasteiger partial charge in [0.1, 0.15) is 0 Å². The van der Waals surface area contributed by atoms with Crippen LogP contribution in [0, 0.1) is 0 Å². The van der Waals surface area contributed by atoms with Crippen molar-refractivity contribution in [1.82, 2.24) is 4.57 Å². The van der Waals surface area contributed by atoms with E-state index in [4.69, 9.17) is 0 Å². The first-order chi connectivity index (χ1) is 30.1. The summed E-state index contributed by atoms with van der Waals surface area (Å²) in [6.07, 6.45) is 9.03. The molecule has 0 unspecified atom stereocenters. The molecule has 0 atom stereocenters. The number of para-hydroxylation sites is 1. The Kier molecular flexibility index (Phi) is 9.20. The minimum absolute atomic E-state index is 0.453. The van der Waals surface area contributed by atoms with E-state index in [2.05, 4.69) is 236 Å². The molecule has 2 heteroatoms. The van der Waals surface area contributed by atoms with Gasteiger partial charge in [-0.25, -0.2) is 0 Å². The van der Waals surface area contributed by atoms with Crippen molar-refractivity contribution in [3.8, 4) is 39.1 Å². The van der Waals surface area contributed by atoms with E-state index >= 15 is 0 Å². The van der Waals surface area contributed by atoms with Gasteiger partial charge in [-0.2, -0.15) is 0 Å². The van der Waals surface area contributed by atoms with Gasteiger partial charge in [-0.05, 0) is 146 Å². The monoisotopic (exact) mass is 782 g/mol. The van der Waals surface area contributed by atoms with Crippen LogP contribution in [0.25, 0.3) is 82.4 Å². The number of rotatable bonds is 8. The zero-order valence-electron chi connectivity index (χ0n) is 34.6. The number of anilines is 2. The van der Waals surface area contributed by atoms with Crippen molar-refractivity contribution >= 4 is 54.7 Å². The second-order valence-electron chi connectivity index (χ2n) is 16.6. The summed E-state index contributed by atoms with van der Waals surface area (Å²) < 4.78 is 2.40. The maximum Gasteiger partial charge on any atom is 0.0541 e. The van der Waals surface area contributed by atoms with E-state index in [9.17, 15) is 0 Å². The van der Waals surface area contributed by atoms with Crippen LogP contribution in [0.5, 0.6) is 0 Å². The molecule has 61 heavy (non-hydrogen) atoms. The van der Waals surface area contributed by atoms with E-state index in [0.29, 0.717) is 5.92 Å². The highest BCUT2D eigenvalue weighted by Gasteiger charge is 2.20. The Labute approximate surface area is 358 Å². The van der Waals surface area contributed by atoms with Gasteiger partial charge in [0.2, 0.25) is 0 Å². The zero-order chi connectivity index (χ0) is 40.9. The van der Waals surface area contributed by atoms with Crippen molar-refractivity contribution in [1.29, 1.82) is 0 Å². The van der Waals surface area contributed by atoms with Gasteiger partial charge in [-0.3, -0.25) is 0 Å². The molecular weight excluding hydrogens is 737 g/mol. The number of nitrogens with zero attached hydrogens (tertiary/aromatic N) is 2. The van der Waals surface area contributed by atoms with Crippen molar-refractivity contribution < 1.29 is 0 Å². The van der Waals surface area contributed by atoms with E-state index in [1.54, 1.807) is 0 Å². The molecule has 9 aromatic carbocycles. The summed E-state index contributed by atoms with van der Waals surface area (Å²) in [7, 11) is 0. The minimum Gasteiger partial charge on any atom is -0.311 e. The molecule has 1 heterocycles. The van der Waals surface area contributed by atoms with Crippen molar-refractivity contribution in [2.45, 2.75) is 32.6 Å². The molecule has 1 aliphatic rings. The predicted molar refractivity (Wildman–Crippen MR) is 261 cm³/mol. The third kappa shape index (κ3) is 6.44. The van der Waals surface area contributed by atoms with Crippen LogP contribution in [-0.2, 0) is 0 Å². The quantitative estimate of drug-likeness (QED) is 0.139. The van der Waals surface area contributed by atoms with Gasteiger partial charge in [0.05, 0.1) is 11.0 Å². The summed E-state index contributed by atoms with van der Waals surface area (Å²) in [5.41, 5.74) is 15.9. The van der Waals surface area contributed by atoms with Crippen molar-refractivity contribution in [2.24, 2.45) is 0 Å². The third-order valence-corrected chi connectivity index (χ3v) is 12.6. The Bertz CT molecular complexity index is 3240. The van der Waals surface area contributed by atoms with Crippen LogP contribution >= 0.6 is 0 Å². The molecule has 11 rings (SSSR count). The van der Waals surface area contributed by atoms with Gasteiger partial charge in [0.15, 0.2) is 0 Å². The molecule has 1 aliphatic carbocycles. The molecule has 0 amide bonds. The first-order valence-electron chi connectivity index (χ1n) is 21.6. The standard InChI is InChI=1S/C59H46N2/c1-40(2)44-30-36-56-54(38-44)55-39-45(31-37-57(55)61(56)47-20-10-5-11-21-47)41-26-32-48(33-27-41)60(46-18-8-4-9-19-46)49-34-28-43(29-35-49)59-52-24-14-12-22-50(52)58(42-16-6-3-7-17-42)51-23-13-15-25-53(51)59/h3,5-8,10-40H,4,9H2,1-2H3. The van der Waals surface area contributed by atoms with E-state index in [1.807, 2.05) is 0 Å². The van der Waals surface area contributed by atoms with Crippen LogP contribution in [0.15, 0.2) is 218 Å². The summed E-state index contributed by atoms with van der Waals surface area (Å²) >= 11 is 0. The number of allylic oxidation sites excluding steroid dienone is 3. The largest absolute Gasteiger partial charge is 0.311 e. The Morgan fingerprint density at radius 2 is 0.918 bits per heavy atom. The summed E-state index contributed by atoms with van der Waals surface area (Å²) in [4.78, 5) is 2.40. The lowest BCUT2D eigenvalue weighted by Gasteiger charge is -2.28. The van der Waals surface area contributed by atoms with Crippen LogP contribution in [-0.4, -0.2) is 4.57 Å². The van der Waals surface area contributed by atoms with E-state index < -0.39 is 0 Å². The van der Waals surface area contributed by atoms with E-state index in [0.717, 1.165) is 24.2 Å². The highest BCUT2D eigenvalue weighted by atomic mass is 15.1. The summed E-state index contributed by atoms with van der Waals surface area (Å²) in [5.74, 6) is 0.453. The smallest absolute Gasteiger partial charge is 0.0541 e. The Balaban J connectivity index is 0.988. The normalized spacial score (nSPS) is 12.8. The lowest BCUT2D eigenvalue weighted by atomic mass is 9.86. The molecule has 0 bridgehead atoms. The van der Waals surface area contributed by atoms with Gasteiger partial charge in [-0.15, -0.1) is 0 Å². The fraction of sp³-hybridized carbons (Fsp3) is 0.0847. The molecule has 0 saturated heterocycles. The van der Waals surface area contributed by atoms with Crippen molar-refractivity contribution in [3.05, 3.63) is 224 Å².